The van der Waals surface area contributed by atoms with Crippen LogP contribution in [0.3, 0.4) is 0 Å². The maximum absolute atomic E-state index is 13.6. The Morgan fingerprint density at radius 2 is 1.76 bits per heavy atom. The predicted molar refractivity (Wildman–Crippen MR) is 74.8 cm³/mol. The molecule has 0 aliphatic carbocycles. The Kier molecular flexibility index (Phi) is 4.41. The van der Waals surface area contributed by atoms with Gasteiger partial charge in [0.15, 0.2) is 0 Å². The maximum atomic E-state index is 13.6. The molecule has 0 saturated heterocycles. The first-order valence-corrected chi connectivity index (χ1v) is 6.30. The van der Waals surface area contributed by atoms with Crippen LogP contribution in [0.25, 0.3) is 0 Å². The Morgan fingerprint density at radius 3 is 2.38 bits per heavy atom. The number of hydrogen-bond donors (Lipinski definition) is 1. The van der Waals surface area contributed by atoms with E-state index in [-0.39, 0.29) is 11.3 Å². The zero-order chi connectivity index (χ0) is 15.4. The molecule has 0 aliphatic heterocycles. The molecule has 5 heteroatoms. The lowest BCUT2D eigenvalue weighted by Crippen LogP contribution is -2.01. The highest BCUT2D eigenvalue weighted by Gasteiger charge is 2.18. The van der Waals surface area contributed by atoms with E-state index < -0.39 is 11.9 Å². The molecular formula is C16H14FNO3. The van der Waals surface area contributed by atoms with Gasteiger partial charge in [-0.2, -0.15) is 5.26 Å². The lowest BCUT2D eigenvalue weighted by Gasteiger charge is -2.17. The molecule has 0 unspecified atom stereocenters. The number of halogens is 1. The van der Waals surface area contributed by atoms with Crippen LogP contribution in [0.4, 0.5) is 4.39 Å². The minimum absolute atomic E-state index is 0.0904. The van der Waals surface area contributed by atoms with Crippen LogP contribution in [0.15, 0.2) is 36.4 Å². The highest BCUT2D eigenvalue weighted by Crippen LogP contribution is 2.37. The van der Waals surface area contributed by atoms with Gasteiger partial charge in [0.25, 0.3) is 0 Å². The average molecular weight is 287 g/mol. The van der Waals surface area contributed by atoms with Crippen molar-refractivity contribution in [1.29, 1.82) is 5.26 Å². The molecule has 21 heavy (non-hydrogen) atoms. The van der Waals surface area contributed by atoms with E-state index in [0.29, 0.717) is 17.1 Å². The zero-order valence-corrected chi connectivity index (χ0v) is 11.6. The number of aliphatic hydroxyl groups excluding tert-OH is 1. The van der Waals surface area contributed by atoms with Crippen LogP contribution in [0.5, 0.6) is 17.2 Å². The molecular weight excluding hydrogens is 273 g/mol. The lowest BCUT2D eigenvalue weighted by atomic mass is 10.1. The summed E-state index contributed by atoms with van der Waals surface area (Å²) >= 11 is 0. The SMILES string of the molecule is COc1cccc(Oc2cccc(F)c2C#N)c1[C@@H](C)O. The van der Waals surface area contributed by atoms with Gasteiger partial charge in [-0.25, -0.2) is 4.39 Å². The van der Waals surface area contributed by atoms with Gasteiger partial charge in [-0.1, -0.05) is 12.1 Å². The third kappa shape index (κ3) is 2.96. The zero-order valence-electron chi connectivity index (χ0n) is 11.6. The summed E-state index contributed by atoms with van der Waals surface area (Å²) in [6.07, 6.45) is -0.838. The Bertz CT molecular complexity index is 692. The van der Waals surface area contributed by atoms with Crippen LogP contribution in [0.2, 0.25) is 0 Å². The number of rotatable bonds is 4. The molecule has 0 heterocycles. The summed E-state index contributed by atoms with van der Waals surface area (Å²) in [7, 11) is 1.48. The summed E-state index contributed by atoms with van der Waals surface area (Å²) in [5.41, 5.74) is 0.255. The van der Waals surface area contributed by atoms with Crippen molar-refractivity contribution in [1.82, 2.24) is 0 Å². The molecule has 2 aromatic carbocycles. The van der Waals surface area contributed by atoms with Gasteiger partial charge in [0.1, 0.15) is 34.7 Å². The Labute approximate surface area is 122 Å². The highest BCUT2D eigenvalue weighted by atomic mass is 19.1. The van der Waals surface area contributed by atoms with Gasteiger partial charge in [-0.05, 0) is 31.2 Å². The third-order valence-electron chi connectivity index (χ3n) is 2.97. The van der Waals surface area contributed by atoms with E-state index in [2.05, 4.69) is 0 Å². The Hall–Kier alpha value is -2.58. The molecule has 0 fully saturated rings. The van der Waals surface area contributed by atoms with Crippen LogP contribution in [-0.2, 0) is 0 Å². The summed E-state index contributed by atoms with van der Waals surface area (Å²) < 4.78 is 24.4. The number of nitrogens with zero attached hydrogens (tertiary/aromatic N) is 1. The molecule has 108 valence electrons. The summed E-state index contributed by atoms with van der Waals surface area (Å²) in [6.45, 7) is 1.57. The smallest absolute Gasteiger partial charge is 0.148 e. The second-order valence-corrected chi connectivity index (χ2v) is 4.37. The van der Waals surface area contributed by atoms with Crippen molar-refractivity contribution >= 4 is 0 Å². The van der Waals surface area contributed by atoms with E-state index in [1.54, 1.807) is 31.2 Å². The molecule has 0 aliphatic rings. The minimum Gasteiger partial charge on any atom is -0.496 e. The first-order chi connectivity index (χ1) is 10.1. The monoisotopic (exact) mass is 287 g/mol. The normalized spacial score (nSPS) is 11.6. The number of ether oxygens (including phenoxy) is 2. The fraction of sp³-hybridized carbons (Fsp3) is 0.188. The first kappa shape index (κ1) is 14.8. The highest BCUT2D eigenvalue weighted by molar-refractivity contribution is 5.51. The van der Waals surface area contributed by atoms with Crippen molar-refractivity contribution in [3.8, 4) is 23.3 Å². The second-order valence-electron chi connectivity index (χ2n) is 4.37. The molecule has 4 nitrogen and oxygen atoms in total. The molecule has 0 aromatic heterocycles. The van der Waals surface area contributed by atoms with Gasteiger partial charge in [0, 0.05) is 0 Å². The maximum Gasteiger partial charge on any atom is 0.148 e. The fourth-order valence-electron chi connectivity index (χ4n) is 2.02. The third-order valence-corrected chi connectivity index (χ3v) is 2.97. The molecule has 0 amide bonds. The first-order valence-electron chi connectivity index (χ1n) is 6.30. The van der Waals surface area contributed by atoms with Crippen LogP contribution in [-0.4, -0.2) is 12.2 Å². The number of methoxy groups -OCH3 is 1. The van der Waals surface area contributed by atoms with Gasteiger partial charge < -0.3 is 14.6 Å². The van der Waals surface area contributed by atoms with Crippen LogP contribution in [0.1, 0.15) is 24.2 Å². The number of hydrogen-bond acceptors (Lipinski definition) is 4. The van der Waals surface area contributed by atoms with Gasteiger partial charge in [-0.15, -0.1) is 0 Å². The molecule has 1 N–H and O–H groups in total. The average Bonchev–Trinajstić information content (AvgIpc) is 2.47. The Balaban J connectivity index is 2.51. The van der Waals surface area contributed by atoms with E-state index >= 15 is 0 Å². The molecule has 2 rings (SSSR count). The van der Waals surface area contributed by atoms with Crippen molar-refractivity contribution < 1.29 is 19.0 Å². The second kappa shape index (κ2) is 6.25. The summed E-state index contributed by atoms with van der Waals surface area (Å²) in [4.78, 5) is 0. The van der Waals surface area contributed by atoms with Crippen LogP contribution in [0, 0.1) is 17.1 Å². The summed E-state index contributed by atoms with van der Waals surface area (Å²) in [5.74, 6) is 0.202. The van der Waals surface area contributed by atoms with Crippen LogP contribution >= 0.6 is 0 Å². The van der Waals surface area contributed by atoms with Crippen molar-refractivity contribution in [2.45, 2.75) is 13.0 Å². The largest absolute Gasteiger partial charge is 0.496 e. The van der Waals surface area contributed by atoms with Crippen molar-refractivity contribution in [2.24, 2.45) is 0 Å². The summed E-state index contributed by atoms with van der Waals surface area (Å²) in [6, 6.07) is 10.9. The fourth-order valence-corrected chi connectivity index (χ4v) is 2.02. The molecule has 0 radical (unpaired) electrons. The number of nitriles is 1. The van der Waals surface area contributed by atoms with Gasteiger partial charge in [0.2, 0.25) is 0 Å². The molecule has 0 bridgehead atoms. The lowest BCUT2D eigenvalue weighted by molar-refractivity contribution is 0.190. The molecule has 0 saturated carbocycles. The van der Waals surface area contributed by atoms with E-state index in [1.807, 2.05) is 0 Å². The van der Waals surface area contributed by atoms with E-state index in [4.69, 9.17) is 14.7 Å². The standard InChI is InChI=1S/C16H14FNO3/c1-10(19)16-14(20-2)7-4-8-15(16)21-13-6-3-5-12(17)11(13)9-18/h3-8,10,19H,1-2H3/t10-/m1/s1. The quantitative estimate of drug-likeness (QED) is 0.934. The van der Waals surface area contributed by atoms with E-state index in [0.717, 1.165) is 0 Å². The molecule has 1 atom stereocenters. The molecule has 2 aromatic rings. The topological polar surface area (TPSA) is 62.5 Å². The number of benzene rings is 2. The van der Waals surface area contributed by atoms with Crippen LogP contribution < -0.4 is 9.47 Å². The predicted octanol–water partition coefficient (Wildman–Crippen LogP) is 3.55. The van der Waals surface area contributed by atoms with Gasteiger partial charge in [-0.3, -0.25) is 0 Å². The molecule has 0 spiro atoms. The summed E-state index contributed by atoms with van der Waals surface area (Å²) in [5, 5.41) is 18.9. The van der Waals surface area contributed by atoms with Gasteiger partial charge in [0.05, 0.1) is 18.8 Å². The van der Waals surface area contributed by atoms with E-state index in [1.165, 1.54) is 25.3 Å². The van der Waals surface area contributed by atoms with Crippen molar-refractivity contribution in [3.63, 3.8) is 0 Å². The Morgan fingerprint density at radius 1 is 1.14 bits per heavy atom. The number of aliphatic hydroxyl groups is 1. The van der Waals surface area contributed by atoms with Crippen molar-refractivity contribution in [3.05, 3.63) is 53.3 Å². The minimum atomic E-state index is -0.838. The van der Waals surface area contributed by atoms with E-state index in [9.17, 15) is 9.50 Å². The van der Waals surface area contributed by atoms with Gasteiger partial charge >= 0.3 is 0 Å². The van der Waals surface area contributed by atoms with Crippen molar-refractivity contribution in [2.75, 3.05) is 7.11 Å².